The quantitative estimate of drug-likeness (QED) is 0.425. The summed E-state index contributed by atoms with van der Waals surface area (Å²) in [6.45, 7) is 1.78. The summed E-state index contributed by atoms with van der Waals surface area (Å²) in [7, 11) is 0. The minimum Gasteiger partial charge on any atom is -0.466 e. The topological polar surface area (TPSA) is 26.3 Å². The SMILES string of the molecule is CC(=O)OCCCCCCCCCF. The molecule has 0 amide bonds. The van der Waals surface area contributed by atoms with Gasteiger partial charge in [0.05, 0.1) is 13.3 Å². The Bertz CT molecular complexity index is 137. The van der Waals surface area contributed by atoms with Gasteiger partial charge in [-0.25, -0.2) is 0 Å². The van der Waals surface area contributed by atoms with Gasteiger partial charge < -0.3 is 4.74 Å². The Morgan fingerprint density at radius 2 is 1.50 bits per heavy atom. The molecule has 0 bridgehead atoms. The van der Waals surface area contributed by atoms with Crippen LogP contribution in [0.25, 0.3) is 0 Å². The molecule has 0 aliphatic rings. The Morgan fingerprint density at radius 1 is 1.00 bits per heavy atom. The van der Waals surface area contributed by atoms with E-state index in [0.29, 0.717) is 13.0 Å². The van der Waals surface area contributed by atoms with Crippen LogP contribution in [0.1, 0.15) is 51.9 Å². The van der Waals surface area contributed by atoms with Gasteiger partial charge in [0.15, 0.2) is 0 Å². The van der Waals surface area contributed by atoms with E-state index in [1.807, 2.05) is 0 Å². The van der Waals surface area contributed by atoms with Crippen molar-refractivity contribution in [3.05, 3.63) is 0 Å². The summed E-state index contributed by atoms with van der Waals surface area (Å²) in [4.78, 5) is 10.4. The largest absolute Gasteiger partial charge is 0.466 e. The van der Waals surface area contributed by atoms with Crippen LogP contribution >= 0.6 is 0 Å². The van der Waals surface area contributed by atoms with E-state index >= 15 is 0 Å². The lowest BCUT2D eigenvalue weighted by Gasteiger charge is -2.01. The molecule has 14 heavy (non-hydrogen) atoms. The maximum Gasteiger partial charge on any atom is 0.302 e. The number of esters is 1. The van der Waals surface area contributed by atoms with Gasteiger partial charge in [-0.2, -0.15) is 0 Å². The first-order chi connectivity index (χ1) is 6.77. The molecule has 0 rings (SSSR count). The van der Waals surface area contributed by atoms with Crippen molar-refractivity contribution in [1.29, 1.82) is 0 Å². The number of ether oxygens (including phenoxy) is 1. The number of halogens is 1. The van der Waals surface area contributed by atoms with Crippen LogP contribution in [0.15, 0.2) is 0 Å². The molecule has 0 heterocycles. The van der Waals surface area contributed by atoms with E-state index in [4.69, 9.17) is 4.74 Å². The molecule has 2 nitrogen and oxygen atoms in total. The monoisotopic (exact) mass is 204 g/mol. The lowest BCUT2D eigenvalue weighted by molar-refractivity contribution is -0.141. The van der Waals surface area contributed by atoms with Crippen LogP contribution in [0.4, 0.5) is 4.39 Å². The molecule has 0 aromatic heterocycles. The highest BCUT2D eigenvalue weighted by Gasteiger charge is 1.94. The van der Waals surface area contributed by atoms with Crippen LogP contribution in [0.3, 0.4) is 0 Å². The smallest absolute Gasteiger partial charge is 0.302 e. The molecule has 0 N–H and O–H groups in total. The van der Waals surface area contributed by atoms with Crippen LogP contribution in [0.5, 0.6) is 0 Å². The fraction of sp³-hybridized carbons (Fsp3) is 0.909. The van der Waals surface area contributed by atoms with Crippen LogP contribution < -0.4 is 0 Å². The molecule has 0 radical (unpaired) electrons. The van der Waals surface area contributed by atoms with Gasteiger partial charge in [0.1, 0.15) is 0 Å². The maximum atomic E-state index is 11.7. The predicted molar refractivity (Wildman–Crippen MR) is 54.9 cm³/mol. The zero-order valence-corrected chi connectivity index (χ0v) is 9.06. The normalized spacial score (nSPS) is 10.1. The highest BCUT2D eigenvalue weighted by molar-refractivity contribution is 5.65. The molecule has 0 spiro atoms. The number of hydrogen-bond acceptors (Lipinski definition) is 2. The van der Waals surface area contributed by atoms with E-state index in [-0.39, 0.29) is 12.6 Å². The van der Waals surface area contributed by atoms with Gasteiger partial charge >= 0.3 is 5.97 Å². The Labute approximate surface area is 85.8 Å². The second kappa shape index (κ2) is 10.5. The van der Waals surface area contributed by atoms with E-state index in [0.717, 1.165) is 32.1 Å². The molecule has 0 fully saturated rings. The van der Waals surface area contributed by atoms with Gasteiger partial charge in [-0.1, -0.05) is 32.1 Å². The van der Waals surface area contributed by atoms with E-state index in [2.05, 4.69) is 0 Å². The molecule has 0 unspecified atom stereocenters. The van der Waals surface area contributed by atoms with Gasteiger partial charge in [0.25, 0.3) is 0 Å². The number of hydrogen-bond donors (Lipinski definition) is 0. The third-order valence-electron chi connectivity index (χ3n) is 2.08. The fourth-order valence-electron chi connectivity index (χ4n) is 1.30. The molecule has 3 heteroatoms. The molecule has 0 aliphatic carbocycles. The van der Waals surface area contributed by atoms with Gasteiger partial charge in [0, 0.05) is 6.92 Å². The Balaban J connectivity index is 2.88. The summed E-state index contributed by atoms with van der Waals surface area (Å²) in [6, 6.07) is 0. The van der Waals surface area contributed by atoms with Gasteiger partial charge in [0.2, 0.25) is 0 Å². The highest BCUT2D eigenvalue weighted by Crippen LogP contribution is 2.07. The molecular formula is C11H21FO2. The first kappa shape index (κ1) is 13.4. The second-order valence-electron chi connectivity index (χ2n) is 3.50. The third kappa shape index (κ3) is 11.4. The first-order valence-corrected chi connectivity index (χ1v) is 5.46. The summed E-state index contributed by atoms with van der Waals surface area (Å²) in [5.74, 6) is -0.201. The standard InChI is InChI=1S/C11H21FO2/c1-11(13)14-10-8-6-4-2-3-5-7-9-12/h2-10H2,1H3. The average molecular weight is 204 g/mol. The molecular weight excluding hydrogens is 183 g/mol. The minimum atomic E-state index is -0.201. The summed E-state index contributed by atoms with van der Waals surface area (Å²) in [6.07, 6.45) is 7.20. The van der Waals surface area contributed by atoms with E-state index < -0.39 is 0 Å². The summed E-state index contributed by atoms with van der Waals surface area (Å²) < 4.78 is 16.5. The Hall–Kier alpha value is -0.600. The van der Waals surface area contributed by atoms with Crippen molar-refractivity contribution < 1.29 is 13.9 Å². The molecule has 0 atom stereocenters. The first-order valence-electron chi connectivity index (χ1n) is 5.46. The Morgan fingerprint density at radius 3 is 2.00 bits per heavy atom. The molecule has 0 aromatic carbocycles. The zero-order chi connectivity index (χ0) is 10.6. The number of carbonyl (C=O) groups is 1. The summed E-state index contributed by atoms with van der Waals surface area (Å²) >= 11 is 0. The minimum absolute atomic E-state index is 0.188. The molecule has 0 saturated heterocycles. The lowest BCUT2D eigenvalue weighted by Crippen LogP contribution is -2.00. The number of carbonyl (C=O) groups excluding carboxylic acids is 1. The van der Waals surface area contributed by atoms with Gasteiger partial charge in [-0.05, 0) is 12.8 Å². The predicted octanol–water partition coefficient (Wildman–Crippen LogP) is 3.25. The molecule has 84 valence electrons. The molecule has 0 aromatic rings. The van der Waals surface area contributed by atoms with Crippen molar-refractivity contribution >= 4 is 5.97 Å². The van der Waals surface area contributed by atoms with E-state index in [1.165, 1.54) is 13.3 Å². The number of alkyl halides is 1. The third-order valence-corrected chi connectivity index (χ3v) is 2.08. The highest BCUT2D eigenvalue weighted by atomic mass is 19.1. The Kier molecular flexibility index (Phi) is 10.0. The van der Waals surface area contributed by atoms with Crippen LogP contribution in [0.2, 0.25) is 0 Å². The summed E-state index contributed by atoms with van der Waals surface area (Å²) in [5.41, 5.74) is 0. The van der Waals surface area contributed by atoms with Crippen LogP contribution in [-0.4, -0.2) is 19.3 Å². The molecule has 0 aliphatic heterocycles. The van der Waals surface area contributed by atoms with Crippen molar-refractivity contribution in [1.82, 2.24) is 0 Å². The summed E-state index contributed by atoms with van der Waals surface area (Å²) in [5, 5.41) is 0. The maximum absolute atomic E-state index is 11.7. The van der Waals surface area contributed by atoms with Crippen molar-refractivity contribution in [2.24, 2.45) is 0 Å². The van der Waals surface area contributed by atoms with Crippen LogP contribution in [-0.2, 0) is 9.53 Å². The lowest BCUT2D eigenvalue weighted by atomic mass is 10.1. The zero-order valence-electron chi connectivity index (χ0n) is 9.06. The van der Waals surface area contributed by atoms with Crippen LogP contribution in [0, 0.1) is 0 Å². The van der Waals surface area contributed by atoms with Gasteiger partial charge in [-0.15, -0.1) is 0 Å². The van der Waals surface area contributed by atoms with Crippen molar-refractivity contribution in [2.75, 3.05) is 13.3 Å². The average Bonchev–Trinajstić information content (AvgIpc) is 2.15. The molecule has 0 saturated carbocycles. The van der Waals surface area contributed by atoms with Crippen molar-refractivity contribution in [2.45, 2.75) is 51.9 Å². The number of unbranched alkanes of at least 4 members (excludes halogenated alkanes) is 6. The van der Waals surface area contributed by atoms with Gasteiger partial charge in [-0.3, -0.25) is 9.18 Å². The second-order valence-corrected chi connectivity index (χ2v) is 3.50. The van der Waals surface area contributed by atoms with Crippen molar-refractivity contribution in [3.8, 4) is 0 Å². The fourth-order valence-corrected chi connectivity index (χ4v) is 1.30. The number of rotatable bonds is 9. The van der Waals surface area contributed by atoms with Crippen molar-refractivity contribution in [3.63, 3.8) is 0 Å². The van der Waals surface area contributed by atoms with E-state index in [1.54, 1.807) is 0 Å². The van der Waals surface area contributed by atoms with E-state index in [9.17, 15) is 9.18 Å².